The van der Waals surface area contributed by atoms with Crippen molar-refractivity contribution in [1.82, 2.24) is 10.8 Å². The maximum atomic E-state index is 11.8. The molecule has 1 saturated heterocycles. The van der Waals surface area contributed by atoms with E-state index in [0.717, 1.165) is 0 Å². The summed E-state index contributed by atoms with van der Waals surface area (Å²) >= 11 is 0. The van der Waals surface area contributed by atoms with Crippen molar-refractivity contribution in [3.63, 3.8) is 0 Å². The van der Waals surface area contributed by atoms with Crippen LogP contribution in [-0.2, 0) is 9.63 Å². The van der Waals surface area contributed by atoms with Gasteiger partial charge in [-0.05, 0) is 32.4 Å². The second-order valence-corrected chi connectivity index (χ2v) is 4.22. The van der Waals surface area contributed by atoms with Crippen LogP contribution >= 0.6 is 0 Å². The highest BCUT2D eigenvalue weighted by Gasteiger charge is 2.38. The molecule has 0 saturated carbocycles. The highest BCUT2D eigenvalue weighted by atomic mass is 19.4. The van der Waals surface area contributed by atoms with E-state index in [2.05, 4.69) is 10.2 Å². The summed E-state index contributed by atoms with van der Waals surface area (Å²) in [6, 6.07) is 0. The molecule has 7 heteroatoms. The summed E-state index contributed by atoms with van der Waals surface area (Å²) in [4.78, 5) is 16.0. The zero-order chi connectivity index (χ0) is 12.9. The van der Waals surface area contributed by atoms with Gasteiger partial charge in [0.25, 0.3) is 0 Å². The number of carbonyl (C=O) groups excluding carboxylic acids is 1. The lowest BCUT2D eigenvalue weighted by Crippen LogP contribution is -2.47. The van der Waals surface area contributed by atoms with Crippen LogP contribution < -0.4 is 10.8 Å². The third-order valence-electron chi connectivity index (χ3n) is 3.12. The van der Waals surface area contributed by atoms with E-state index in [-0.39, 0.29) is 0 Å². The molecule has 17 heavy (non-hydrogen) atoms. The SMILES string of the molecule is CCC1(C(=O)NOCC(F)(F)F)CCNCC1. The van der Waals surface area contributed by atoms with Crippen LogP contribution in [0.5, 0.6) is 0 Å². The van der Waals surface area contributed by atoms with E-state index in [9.17, 15) is 18.0 Å². The van der Waals surface area contributed by atoms with Crippen molar-refractivity contribution in [1.29, 1.82) is 0 Å². The number of rotatable bonds is 4. The molecule has 0 aromatic carbocycles. The fourth-order valence-corrected chi connectivity index (χ4v) is 1.94. The van der Waals surface area contributed by atoms with E-state index in [4.69, 9.17) is 0 Å². The van der Waals surface area contributed by atoms with E-state index < -0.39 is 24.1 Å². The minimum absolute atomic E-state index is 0.453. The molecule has 1 heterocycles. The molecule has 0 aliphatic carbocycles. The Morgan fingerprint density at radius 3 is 2.47 bits per heavy atom. The van der Waals surface area contributed by atoms with Crippen LogP contribution in [0.1, 0.15) is 26.2 Å². The molecule has 2 N–H and O–H groups in total. The summed E-state index contributed by atoms with van der Waals surface area (Å²) in [7, 11) is 0. The molecule has 1 fully saturated rings. The maximum Gasteiger partial charge on any atom is 0.414 e. The first-order valence-corrected chi connectivity index (χ1v) is 5.59. The van der Waals surface area contributed by atoms with Crippen LogP contribution in [0, 0.1) is 5.41 Å². The normalized spacial score (nSPS) is 20.0. The van der Waals surface area contributed by atoms with Crippen molar-refractivity contribution in [3.8, 4) is 0 Å². The predicted octanol–water partition coefficient (Wildman–Crippen LogP) is 1.38. The van der Waals surface area contributed by atoms with E-state index in [1.807, 2.05) is 12.4 Å². The van der Waals surface area contributed by atoms with Gasteiger partial charge in [-0.3, -0.25) is 9.63 Å². The topological polar surface area (TPSA) is 50.4 Å². The molecule has 0 radical (unpaired) electrons. The molecule has 1 rings (SSSR count). The number of piperidine rings is 1. The van der Waals surface area contributed by atoms with Gasteiger partial charge in [0.1, 0.15) is 0 Å². The monoisotopic (exact) mass is 254 g/mol. The number of halogens is 3. The summed E-state index contributed by atoms with van der Waals surface area (Å²) < 4.78 is 35.5. The highest BCUT2D eigenvalue weighted by molar-refractivity contribution is 5.81. The Hall–Kier alpha value is -0.820. The van der Waals surface area contributed by atoms with Crippen LogP contribution in [0.3, 0.4) is 0 Å². The smallest absolute Gasteiger partial charge is 0.317 e. The summed E-state index contributed by atoms with van der Waals surface area (Å²) in [5, 5.41) is 3.11. The van der Waals surface area contributed by atoms with Gasteiger partial charge in [0.2, 0.25) is 5.91 Å². The van der Waals surface area contributed by atoms with Gasteiger partial charge in [-0.25, -0.2) is 5.48 Å². The third-order valence-corrected chi connectivity index (χ3v) is 3.12. The Bertz CT molecular complexity index is 263. The van der Waals surface area contributed by atoms with Gasteiger partial charge in [-0.1, -0.05) is 6.92 Å². The summed E-state index contributed by atoms with van der Waals surface area (Å²) in [5.41, 5.74) is 1.31. The van der Waals surface area contributed by atoms with Crippen LogP contribution in [-0.4, -0.2) is 31.8 Å². The van der Waals surface area contributed by atoms with Gasteiger partial charge in [0.15, 0.2) is 6.61 Å². The van der Waals surface area contributed by atoms with Crippen molar-refractivity contribution < 1.29 is 22.8 Å². The molecule has 1 aliphatic heterocycles. The molecule has 4 nitrogen and oxygen atoms in total. The standard InChI is InChI=1S/C10H17F3N2O2/c1-2-9(3-5-14-6-4-9)8(16)15-17-7-10(11,12)13/h14H,2-7H2,1H3,(H,15,16). The van der Waals surface area contributed by atoms with Crippen LogP contribution in [0.25, 0.3) is 0 Å². The first-order chi connectivity index (χ1) is 7.90. The van der Waals surface area contributed by atoms with E-state index in [1.165, 1.54) is 0 Å². The summed E-state index contributed by atoms with van der Waals surface area (Å²) in [5.74, 6) is -0.453. The Kier molecular flexibility index (Phi) is 4.76. The molecular weight excluding hydrogens is 237 g/mol. The molecule has 0 atom stereocenters. The minimum atomic E-state index is -4.43. The predicted molar refractivity (Wildman–Crippen MR) is 55.0 cm³/mol. The van der Waals surface area contributed by atoms with Gasteiger partial charge >= 0.3 is 6.18 Å². The van der Waals surface area contributed by atoms with Crippen molar-refractivity contribution in [2.45, 2.75) is 32.4 Å². The molecule has 0 bridgehead atoms. The van der Waals surface area contributed by atoms with E-state index in [0.29, 0.717) is 32.4 Å². The number of nitrogens with one attached hydrogen (secondary N) is 2. The molecule has 100 valence electrons. The lowest BCUT2D eigenvalue weighted by molar-refractivity contribution is -0.195. The third kappa shape index (κ3) is 4.16. The Labute approximate surface area is 97.8 Å². The van der Waals surface area contributed by atoms with Crippen molar-refractivity contribution >= 4 is 5.91 Å². The number of hydrogen-bond donors (Lipinski definition) is 2. The first kappa shape index (κ1) is 14.2. The minimum Gasteiger partial charge on any atom is -0.317 e. The van der Waals surface area contributed by atoms with Crippen LogP contribution in [0.2, 0.25) is 0 Å². The number of hydrogen-bond acceptors (Lipinski definition) is 3. The zero-order valence-corrected chi connectivity index (χ0v) is 9.69. The second kappa shape index (κ2) is 5.68. The molecule has 1 aliphatic rings. The number of alkyl halides is 3. The second-order valence-electron chi connectivity index (χ2n) is 4.22. The van der Waals surface area contributed by atoms with E-state index >= 15 is 0 Å². The van der Waals surface area contributed by atoms with Crippen LogP contribution in [0.4, 0.5) is 13.2 Å². The molecule has 0 spiro atoms. The number of amides is 1. The first-order valence-electron chi connectivity index (χ1n) is 5.59. The Morgan fingerprint density at radius 2 is 2.00 bits per heavy atom. The van der Waals surface area contributed by atoms with Crippen molar-refractivity contribution in [2.75, 3.05) is 19.7 Å². The van der Waals surface area contributed by atoms with Crippen molar-refractivity contribution in [2.24, 2.45) is 5.41 Å². The quantitative estimate of drug-likeness (QED) is 0.745. The average Bonchev–Trinajstić information content (AvgIpc) is 2.28. The lowest BCUT2D eigenvalue weighted by atomic mass is 9.76. The largest absolute Gasteiger partial charge is 0.414 e. The van der Waals surface area contributed by atoms with Gasteiger partial charge in [0.05, 0.1) is 5.41 Å². The van der Waals surface area contributed by atoms with E-state index in [1.54, 1.807) is 0 Å². The van der Waals surface area contributed by atoms with Crippen LogP contribution in [0.15, 0.2) is 0 Å². The fourth-order valence-electron chi connectivity index (χ4n) is 1.94. The van der Waals surface area contributed by atoms with Gasteiger partial charge in [-0.15, -0.1) is 0 Å². The van der Waals surface area contributed by atoms with Gasteiger partial charge in [0, 0.05) is 0 Å². The maximum absolute atomic E-state index is 11.8. The van der Waals surface area contributed by atoms with Crippen molar-refractivity contribution in [3.05, 3.63) is 0 Å². The molecule has 0 aromatic rings. The van der Waals surface area contributed by atoms with Gasteiger partial charge < -0.3 is 5.32 Å². The summed E-state index contributed by atoms with van der Waals surface area (Å²) in [6.07, 6.45) is -2.61. The lowest BCUT2D eigenvalue weighted by Gasteiger charge is -2.34. The molecule has 0 unspecified atom stereocenters. The molecular formula is C10H17F3N2O2. The Balaban J connectivity index is 2.44. The summed E-state index contributed by atoms with van der Waals surface area (Å²) in [6.45, 7) is 1.78. The molecule has 1 amide bonds. The Morgan fingerprint density at radius 1 is 1.41 bits per heavy atom. The highest BCUT2D eigenvalue weighted by Crippen LogP contribution is 2.32. The average molecular weight is 254 g/mol. The molecule has 0 aromatic heterocycles. The zero-order valence-electron chi connectivity index (χ0n) is 9.69. The fraction of sp³-hybridized carbons (Fsp3) is 0.900. The van der Waals surface area contributed by atoms with Gasteiger partial charge in [-0.2, -0.15) is 13.2 Å². The number of carbonyl (C=O) groups is 1. The number of hydroxylamine groups is 1.